The van der Waals surface area contributed by atoms with Gasteiger partial charge in [0.1, 0.15) is 5.60 Å². The quantitative estimate of drug-likeness (QED) is 0.778. The maximum absolute atomic E-state index is 9.45. The number of halogens is 1. The van der Waals surface area contributed by atoms with Crippen molar-refractivity contribution in [1.82, 2.24) is 9.97 Å². The van der Waals surface area contributed by atoms with Crippen LogP contribution in [0.2, 0.25) is 0 Å². The summed E-state index contributed by atoms with van der Waals surface area (Å²) in [5, 5.41) is 9.45. The van der Waals surface area contributed by atoms with Crippen LogP contribution in [-0.2, 0) is 5.60 Å². The van der Waals surface area contributed by atoms with E-state index in [-0.39, 0.29) is 0 Å². The van der Waals surface area contributed by atoms with Crippen molar-refractivity contribution in [3.05, 3.63) is 21.8 Å². The summed E-state index contributed by atoms with van der Waals surface area (Å²) in [7, 11) is 0. The fraction of sp³-hybridized carbons (Fsp3) is 0.429. The molecular weight excluding hydrogens is 255 g/mol. The molecule has 3 nitrogen and oxygen atoms in total. The van der Waals surface area contributed by atoms with Gasteiger partial charge in [0.05, 0.1) is 0 Å². The highest BCUT2D eigenvalue weighted by Crippen LogP contribution is 2.14. The van der Waals surface area contributed by atoms with E-state index in [0.29, 0.717) is 5.82 Å². The molecule has 0 unspecified atom stereocenters. The number of aliphatic hydroxyl groups is 1. The molecular formula is C7H9IN2O. The predicted octanol–water partition coefficient (Wildman–Crippen LogP) is 1.31. The van der Waals surface area contributed by atoms with Gasteiger partial charge >= 0.3 is 0 Å². The summed E-state index contributed by atoms with van der Waals surface area (Å²) in [5.41, 5.74) is -0.940. The number of hydrogen-bond acceptors (Lipinski definition) is 3. The third-order valence-electron chi connectivity index (χ3n) is 1.17. The molecule has 0 fully saturated rings. The Hall–Kier alpha value is -0.230. The summed E-state index contributed by atoms with van der Waals surface area (Å²) in [6.45, 7) is 3.32. The van der Waals surface area contributed by atoms with E-state index in [1.165, 1.54) is 0 Å². The van der Waals surface area contributed by atoms with Crippen molar-refractivity contribution in [2.75, 3.05) is 0 Å². The number of aromatic nitrogens is 2. The SMILES string of the molecule is CC(C)(O)c1ncc(I)cn1. The van der Waals surface area contributed by atoms with Gasteiger partial charge in [0.2, 0.25) is 0 Å². The zero-order chi connectivity index (χ0) is 8.48. The number of hydrogen-bond donors (Lipinski definition) is 1. The molecule has 1 aromatic heterocycles. The lowest BCUT2D eigenvalue weighted by atomic mass is 10.1. The Morgan fingerprint density at radius 1 is 1.36 bits per heavy atom. The first-order chi connectivity index (χ1) is 5.00. The molecule has 0 aliphatic rings. The monoisotopic (exact) mass is 264 g/mol. The lowest BCUT2D eigenvalue weighted by molar-refractivity contribution is 0.0686. The van der Waals surface area contributed by atoms with Crippen LogP contribution in [0.4, 0.5) is 0 Å². The first kappa shape index (κ1) is 8.86. The fourth-order valence-corrected chi connectivity index (χ4v) is 0.907. The zero-order valence-corrected chi connectivity index (χ0v) is 8.53. The van der Waals surface area contributed by atoms with E-state index < -0.39 is 5.60 Å². The molecule has 0 aromatic carbocycles. The Labute approximate surface area is 79.0 Å². The van der Waals surface area contributed by atoms with Gasteiger partial charge < -0.3 is 5.11 Å². The zero-order valence-electron chi connectivity index (χ0n) is 6.37. The smallest absolute Gasteiger partial charge is 0.159 e. The van der Waals surface area contributed by atoms with Crippen molar-refractivity contribution in [1.29, 1.82) is 0 Å². The summed E-state index contributed by atoms with van der Waals surface area (Å²) < 4.78 is 0.968. The van der Waals surface area contributed by atoms with Crippen LogP contribution in [0.25, 0.3) is 0 Å². The van der Waals surface area contributed by atoms with Gasteiger partial charge in [-0.25, -0.2) is 9.97 Å². The molecule has 0 amide bonds. The normalized spacial score (nSPS) is 11.6. The van der Waals surface area contributed by atoms with E-state index >= 15 is 0 Å². The predicted molar refractivity (Wildman–Crippen MR) is 50.0 cm³/mol. The second-order valence-corrected chi connectivity index (χ2v) is 4.03. The van der Waals surface area contributed by atoms with Crippen molar-refractivity contribution >= 4 is 22.6 Å². The Kier molecular flexibility index (Phi) is 2.43. The van der Waals surface area contributed by atoms with Gasteiger partial charge in [0, 0.05) is 16.0 Å². The Bertz CT molecular complexity index is 240. The molecule has 0 saturated heterocycles. The average molecular weight is 264 g/mol. The standard InChI is InChI=1S/C7H9IN2O/c1-7(2,11)6-9-3-5(8)4-10-6/h3-4,11H,1-2H3. The van der Waals surface area contributed by atoms with Crippen LogP contribution in [0.3, 0.4) is 0 Å². The first-order valence-electron chi connectivity index (χ1n) is 3.20. The molecule has 0 aliphatic carbocycles. The van der Waals surface area contributed by atoms with E-state index in [2.05, 4.69) is 32.6 Å². The van der Waals surface area contributed by atoms with Crippen molar-refractivity contribution in [2.24, 2.45) is 0 Å². The lowest BCUT2D eigenvalue weighted by Gasteiger charge is -2.14. The third kappa shape index (κ3) is 2.37. The summed E-state index contributed by atoms with van der Waals surface area (Å²) in [6.07, 6.45) is 3.36. The second-order valence-electron chi connectivity index (χ2n) is 2.78. The molecule has 0 aliphatic heterocycles. The van der Waals surface area contributed by atoms with Gasteiger partial charge in [0.15, 0.2) is 5.82 Å². The van der Waals surface area contributed by atoms with Crippen LogP contribution in [0, 0.1) is 3.57 Å². The molecule has 1 rings (SSSR count). The van der Waals surface area contributed by atoms with Crippen molar-refractivity contribution in [3.63, 3.8) is 0 Å². The lowest BCUT2D eigenvalue weighted by Crippen LogP contribution is -2.19. The number of nitrogens with zero attached hydrogens (tertiary/aromatic N) is 2. The van der Waals surface area contributed by atoms with Crippen LogP contribution < -0.4 is 0 Å². The van der Waals surface area contributed by atoms with Gasteiger partial charge in [-0.2, -0.15) is 0 Å². The van der Waals surface area contributed by atoms with E-state index in [1.807, 2.05) is 0 Å². The molecule has 0 spiro atoms. The highest BCUT2D eigenvalue weighted by atomic mass is 127. The molecule has 0 saturated carbocycles. The average Bonchev–Trinajstić information content (AvgIpc) is 1.86. The molecule has 1 aromatic rings. The summed E-state index contributed by atoms with van der Waals surface area (Å²) in [5.74, 6) is 0.456. The van der Waals surface area contributed by atoms with Gasteiger partial charge in [-0.15, -0.1) is 0 Å². The largest absolute Gasteiger partial charge is 0.382 e. The van der Waals surface area contributed by atoms with E-state index in [4.69, 9.17) is 0 Å². The van der Waals surface area contributed by atoms with Gasteiger partial charge in [-0.1, -0.05) is 0 Å². The maximum atomic E-state index is 9.45. The molecule has 0 radical (unpaired) electrons. The molecule has 0 atom stereocenters. The Morgan fingerprint density at radius 2 is 1.82 bits per heavy atom. The minimum Gasteiger partial charge on any atom is -0.382 e. The summed E-state index contributed by atoms with van der Waals surface area (Å²) in [4.78, 5) is 7.96. The van der Waals surface area contributed by atoms with Gasteiger partial charge in [0.25, 0.3) is 0 Å². The fourth-order valence-electron chi connectivity index (χ4n) is 0.628. The van der Waals surface area contributed by atoms with E-state index in [1.54, 1.807) is 26.2 Å². The first-order valence-corrected chi connectivity index (χ1v) is 4.28. The minimum atomic E-state index is -0.940. The third-order valence-corrected chi connectivity index (χ3v) is 1.72. The molecule has 4 heteroatoms. The topological polar surface area (TPSA) is 46.0 Å². The Morgan fingerprint density at radius 3 is 2.18 bits per heavy atom. The highest BCUT2D eigenvalue weighted by molar-refractivity contribution is 14.1. The molecule has 11 heavy (non-hydrogen) atoms. The summed E-state index contributed by atoms with van der Waals surface area (Å²) >= 11 is 2.12. The molecule has 1 N–H and O–H groups in total. The molecule has 1 heterocycles. The van der Waals surface area contributed by atoms with Crippen LogP contribution in [-0.4, -0.2) is 15.1 Å². The minimum absolute atomic E-state index is 0.456. The Balaban J connectivity index is 2.99. The van der Waals surface area contributed by atoms with E-state index in [9.17, 15) is 5.11 Å². The maximum Gasteiger partial charge on any atom is 0.159 e. The van der Waals surface area contributed by atoms with Crippen LogP contribution >= 0.6 is 22.6 Å². The van der Waals surface area contributed by atoms with Crippen LogP contribution in [0.5, 0.6) is 0 Å². The van der Waals surface area contributed by atoms with Crippen LogP contribution in [0.1, 0.15) is 19.7 Å². The molecule has 0 bridgehead atoms. The summed E-state index contributed by atoms with van der Waals surface area (Å²) in [6, 6.07) is 0. The van der Waals surface area contributed by atoms with E-state index in [0.717, 1.165) is 3.57 Å². The van der Waals surface area contributed by atoms with Crippen molar-refractivity contribution in [3.8, 4) is 0 Å². The van der Waals surface area contributed by atoms with Crippen molar-refractivity contribution in [2.45, 2.75) is 19.4 Å². The second kappa shape index (κ2) is 3.02. The number of rotatable bonds is 1. The van der Waals surface area contributed by atoms with Gasteiger partial charge in [-0.3, -0.25) is 0 Å². The molecule has 60 valence electrons. The van der Waals surface area contributed by atoms with Gasteiger partial charge in [-0.05, 0) is 36.4 Å². The highest BCUT2D eigenvalue weighted by Gasteiger charge is 2.18. The van der Waals surface area contributed by atoms with Crippen LogP contribution in [0.15, 0.2) is 12.4 Å². The van der Waals surface area contributed by atoms with Crippen molar-refractivity contribution < 1.29 is 5.11 Å².